The number of benzene rings is 1. The molecule has 0 saturated carbocycles. The van der Waals surface area contributed by atoms with E-state index in [0.717, 1.165) is 25.9 Å². The first-order chi connectivity index (χ1) is 12.8. The predicted molar refractivity (Wildman–Crippen MR) is 103 cm³/mol. The Hall–Kier alpha value is -2.35. The highest BCUT2D eigenvalue weighted by atomic mass is 32.2. The fraction of sp³-hybridized carbons (Fsp3) is 0.474. The number of hydrogen-bond donors (Lipinski definition) is 1. The Morgan fingerprint density at radius 3 is 2.48 bits per heavy atom. The monoisotopic (exact) mass is 391 g/mol. The average molecular weight is 391 g/mol. The van der Waals surface area contributed by atoms with Gasteiger partial charge in [0.15, 0.2) is 9.84 Å². The van der Waals surface area contributed by atoms with Gasteiger partial charge in [0.25, 0.3) is 0 Å². The molecule has 1 N–H and O–H groups in total. The summed E-state index contributed by atoms with van der Waals surface area (Å²) in [5.74, 6) is -1.16. The number of para-hydroxylation sites is 1. The Balaban J connectivity index is 1.92. The van der Waals surface area contributed by atoms with E-state index in [-0.39, 0.29) is 23.4 Å². The molecule has 1 aliphatic rings. The van der Waals surface area contributed by atoms with Crippen LogP contribution in [0, 0.1) is 0 Å². The Kier molecular flexibility index (Phi) is 5.55. The van der Waals surface area contributed by atoms with Gasteiger partial charge in [0, 0.05) is 36.2 Å². The van der Waals surface area contributed by atoms with Gasteiger partial charge in [-0.1, -0.05) is 18.2 Å². The molecule has 1 aromatic carbocycles. The van der Waals surface area contributed by atoms with E-state index in [1.54, 1.807) is 47.6 Å². The second-order valence-corrected chi connectivity index (χ2v) is 9.17. The van der Waals surface area contributed by atoms with Gasteiger partial charge in [-0.15, -0.1) is 0 Å². The molecular weight excluding hydrogens is 366 g/mol. The minimum absolute atomic E-state index is 0.0187. The molecule has 2 heterocycles. The lowest BCUT2D eigenvalue weighted by Gasteiger charge is -2.15. The van der Waals surface area contributed by atoms with E-state index in [1.807, 2.05) is 0 Å². The van der Waals surface area contributed by atoms with E-state index in [0.29, 0.717) is 10.9 Å². The van der Waals surface area contributed by atoms with Crippen molar-refractivity contribution in [2.75, 3.05) is 18.8 Å². The Morgan fingerprint density at radius 1 is 1.15 bits per heavy atom. The summed E-state index contributed by atoms with van der Waals surface area (Å²) in [6.45, 7) is 5.14. The maximum atomic E-state index is 12.8. The first kappa shape index (κ1) is 19.4. The molecule has 146 valence electrons. The largest absolute Gasteiger partial charge is 0.353 e. The van der Waals surface area contributed by atoms with Gasteiger partial charge in [0.2, 0.25) is 11.8 Å². The summed E-state index contributed by atoms with van der Waals surface area (Å²) in [6.07, 6.45) is 3.49. The Morgan fingerprint density at radius 2 is 1.81 bits per heavy atom. The van der Waals surface area contributed by atoms with Gasteiger partial charge in [0.05, 0.1) is 4.90 Å². The summed E-state index contributed by atoms with van der Waals surface area (Å²) >= 11 is 0. The average Bonchev–Trinajstić information content (AvgIpc) is 3.22. The summed E-state index contributed by atoms with van der Waals surface area (Å²) in [6, 6.07) is 6.93. The van der Waals surface area contributed by atoms with Crippen molar-refractivity contribution in [1.82, 2.24) is 14.8 Å². The summed E-state index contributed by atoms with van der Waals surface area (Å²) in [5.41, 5.74) is 0.674. The third kappa shape index (κ3) is 4.32. The molecule has 0 radical (unpaired) electrons. The zero-order chi connectivity index (χ0) is 19.6. The van der Waals surface area contributed by atoms with Crippen molar-refractivity contribution >= 4 is 32.6 Å². The summed E-state index contributed by atoms with van der Waals surface area (Å²) in [4.78, 5) is 26.4. The lowest BCUT2D eigenvalue weighted by molar-refractivity contribution is -0.130. The second kappa shape index (κ2) is 7.72. The number of likely N-dealkylation sites (tertiary alicyclic amines) is 1. The van der Waals surface area contributed by atoms with Crippen LogP contribution in [0.15, 0.2) is 35.4 Å². The molecule has 0 spiro atoms. The third-order valence-electron chi connectivity index (χ3n) is 4.62. The van der Waals surface area contributed by atoms with Crippen molar-refractivity contribution in [2.45, 2.75) is 44.2 Å². The van der Waals surface area contributed by atoms with E-state index in [1.165, 1.54) is 6.20 Å². The first-order valence-electron chi connectivity index (χ1n) is 9.15. The summed E-state index contributed by atoms with van der Waals surface area (Å²) < 4.78 is 27.3. The van der Waals surface area contributed by atoms with E-state index in [2.05, 4.69) is 5.32 Å². The van der Waals surface area contributed by atoms with Crippen LogP contribution in [-0.4, -0.2) is 54.6 Å². The molecule has 3 rings (SSSR count). The lowest BCUT2D eigenvalue weighted by Crippen LogP contribution is -2.35. The van der Waals surface area contributed by atoms with E-state index >= 15 is 0 Å². The molecule has 0 aliphatic carbocycles. The minimum Gasteiger partial charge on any atom is -0.353 e. The molecule has 0 bridgehead atoms. The number of carbonyl (C=O) groups excluding carboxylic acids is 2. The van der Waals surface area contributed by atoms with E-state index < -0.39 is 21.5 Å². The molecule has 1 saturated heterocycles. The van der Waals surface area contributed by atoms with Crippen LogP contribution in [0.4, 0.5) is 0 Å². The standard InChI is InChI=1S/C19H25N3O4S/c1-14(2)20-18(23)13-27(25,26)17-11-22(16-8-4-3-7-15(16)17)12-19(24)21-9-5-6-10-21/h3-4,7-8,11,14H,5-6,9-10,12-13H2,1-2H3,(H,20,23). The minimum atomic E-state index is -3.82. The quantitative estimate of drug-likeness (QED) is 0.809. The van der Waals surface area contributed by atoms with Gasteiger partial charge in [-0.2, -0.15) is 0 Å². The fourth-order valence-electron chi connectivity index (χ4n) is 3.42. The topological polar surface area (TPSA) is 88.5 Å². The molecule has 0 atom stereocenters. The van der Waals surface area contributed by atoms with Crippen molar-refractivity contribution in [3.8, 4) is 0 Å². The van der Waals surface area contributed by atoms with E-state index in [9.17, 15) is 18.0 Å². The van der Waals surface area contributed by atoms with E-state index in [4.69, 9.17) is 0 Å². The number of nitrogens with zero attached hydrogens (tertiary/aromatic N) is 2. The van der Waals surface area contributed by atoms with Gasteiger partial charge in [-0.05, 0) is 32.8 Å². The van der Waals surface area contributed by atoms with Crippen molar-refractivity contribution < 1.29 is 18.0 Å². The maximum absolute atomic E-state index is 12.8. The molecule has 2 amide bonds. The maximum Gasteiger partial charge on any atom is 0.242 e. The normalized spacial score (nSPS) is 14.9. The van der Waals surface area contributed by atoms with Crippen LogP contribution in [0.25, 0.3) is 10.9 Å². The SMILES string of the molecule is CC(C)NC(=O)CS(=O)(=O)c1cn(CC(=O)N2CCCC2)c2ccccc12. The van der Waals surface area contributed by atoms with Crippen molar-refractivity contribution in [3.05, 3.63) is 30.5 Å². The summed E-state index contributed by atoms with van der Waals surface area (Å²) in [5, 5.41) is 3.14. The van der Waals surface area contributed by atoms with Crippen LogP contribution in [0.3, 0.4) is 0 Å². The third-order valence-corrected chi connectivity index (χ3v) is 6.26. The molecule has 1 aliphatic heterocycles. The number of hydrogen-bond acceptors (Lipinski definition) is 4. The zero-order valence-corrected chi connectivity index (χ0v) is 16.5. The fourth-order valence-corrected chi connectivity index (χ4v) is 4.80. The van der Waals surface area contributed by atoms with Gasteiger partial charge < -0.3 is 14.8 Å². The number of aromatic nitrogens is 1. The van der Waals surface area contributed by atoms with Crippen LogP contribution < -0.4 is 5.32 Å². The first-order valence-corrected chi connectivity index (χ1v) is 10.8. The zero-order valence-electron chi connectivity index (χ0n) is 15.6. The highest BCUT2D eigenvalue weighted by Gasteiger charge is 2.26. The smallest absolute Gasteiger partial charge is 0.242 e. The molecule has 27 heavy (non-hydrogen) atoms. The van der Waals surface area contributed by atoms with Crippen molar-refractivity contribution in [3.63, 3.8) is 0 Å². The molecule has 2 aromatic rings. The number of amides is 2. The molecule has 8 heteroatoms. The summed E-state index contributed by atoms with van der Waals surface area (Å²) in [7, 11) is -3.82. The van der Waals surface area contributed by atoms with Crippen LogP contribution in [-0.2, 0) is 26.0 Å². The molecule has 7 nitrogen and oxygen atoms in total. The number of sulfone groups is 1. The van der Waals surface area contributed by atoms with Gasteiger partial charge in [-0.3, -0.25) is 9.59 Å². The van der Waals surface area contributed by atoms with Crippen molar-refractivity contribution in [2.24, 2.45) is 0 Å². The molecule has 1 fully saturated rings. The number of nitrogens with one attached hydrogen (secondary N) is 1. The highest BCUT2D eigenvalue weighted by Crippen LogP contribution is 2.26. The Bertz CT molecular complexity index is 956. The molecular formula is C19H25N3O4S. The molecule has 1 aromatic heterocycles. The number of fused-ring (bicyclic) bond motifs is 1. The lowest BCUT2D eigenvalue weighted by atomic mass is 10.2. The second-order valence-electron chi connectivity index (χ2n) is 7.21. The van der Waals surface area contributed by atoms with Crippen LogP contribution in [0.1, 0.15) is 26.7 Å². The van der Waals surface area contributed by atoms with Crippen molar-refractivity contribution in [1.29, 1.82) is 0 Å². The van der Waals surface area contributed by atoms with Crippen LogP contribution in [0.5, 0.6) is 0 Å². The molecule has 0 unspecified atom stereocenters. The Labute approximate surface area is 159 Å². The van der Waals surface area contributed by atoms with Gasteiger partial charge in [0.1, 0.15) is 12.3 Å². The van der Waals surface area contributed by atoms with Crippen LogP contribution in [0.2, 0.25) is 0 Å². The van der Waals surface area contributed by atoms with Gasteiger partial charge in [-0.25, -0.2) is 8.42 Å². The predicted octanol–water partition coefficient (Wildman–Crippen LogP) is 1.56. The number of rotatable bonds is 6. The number of carbonyl (C=O) groups is 2. The van der Waals surface area contributed by atoms with Crippen LogP contribution >= 0.6 is 0 Å². The van der Waals surface area contributed by atoms with Gasteiger partial charge >= 0.3 is 0 Å². The highest BCUT2D eigenvalue weighted by molar-refractivity contribution is 7.92.